The van der Waals surface area contributed by atoms with Gasteiger partial charge in [-0.2, -0.15) is 5.26 Å². The number of hydrogen-bond acceptors (Lipinski definition) is 2. The van der Waals surface area contributed by atoms with Crippen LogP contribution in [0.25, 0.3) is 11.6 Å². The predicted molar refractivity (Wildman–Crippen MR) is 123 cm³/mol. The summed E-state index contributed by atoms with van der Waals surface area (Å²) in [5.74, 6) is 0.692. The van der Waals surface area contributed by atoms with E-state index in [2.05, 4.69) is 37.9 Å². The molecule has 3 aromatic rings. The van der Waals surface area contributed by atoms with Crippen LogP contribution in [0, 0.1) is 11.3 Å². The van der Waals surface area contributed by atoms with E-state index in [1.54, 1.807) is 12.1 Å². The third-order valence-electron chi connectivity index (χ3n) is 3.90. The SMILES string of the molecule is N#C/C(=C/c1cc(Br)c(OCc2ccc(Cl)cc2)c(Br)c1)c1ccc(Cl)cc1. The van der Waals surface area contributed by atoms with E-state index >= 15 is 0 Å². The fraction of sp³-hybridized carbons (Fsp3) is 0.0455. The first kappa shape index (κ1) is 21.0. The average Bonchev–Trinajstić information content (AvgIpc) is 2.67. The number of benzene rings is 3. The van der Waals surface area contributed by atoms with Crippen LogP contribution in [-0.4, -0.2) is 0 Å². The third-order valence-corrected chi connectivity index (χ3v) is 5.59. The van der Waals surface area contributed by atoms with Crippen LogP contribution < -0.4 is 4.74 Å². The van der Waals surface area contributed by atoms with Crippen molar-refractivity contribution in [2.75, 3.05) is 0 Å². The Balaban J connectivity index is 1.83. The zero-order valence-corrected chi connectivity index (χ0v) is 19.1. The van der Waals surface area contributed by atoms with Gasteiger partial charge in [0.1, 0.15) is 12.4 Å². The average molecular weight is 538 g/mol. The zero-order valence-electron chi connectivity index (χ0n) is 14.4. The van der Waals surface area contributed by atoms with Crippen molar-refractivity contribution in [1.82, 2.24) is 0 Å². The van der Waals surface area contributed by atoms with E-state index in [-0.39, 0.29) is 0 Å². The molecule has 0 unspecified atom stereocenters. The Bertz CT molecular complexity index is 1030. The minimum Gasteiger partial charge on any atom is -0.487 e. The van der Waals surface area contributed by atoms with Crippen LogP contribution in [0.1, 0.15) is 16.7 Å². The van der Waals surface area contributed by atoms with E-state index in [0.717, 1.165) is 25.6 Å². The van der Waals surface area contributed by atoms with E-state index in [4.69, 9.17) is 27.9 Å². The normalized spacial score (nSPS) is 11.2. The monoisotopic (exact) mass is 535 g/mol. The number of rotatable bonds is 5. The molecule has 0 N–H and O–H groups in total. The van der Waals surface area contributed by atoms with Crippen LogP contribution in [0.4, 0.5) is 0 Å². The van der Waals surface area contributed by atoms with Gasteiger partial charge in [0.2, 0.25) is 0 Å². The lowest BCUT2D eigenvalue weighted by molar-refractivity contribution is 0.302. The van der Waals surface area contributed by atoms with E-state index in [9.17, 15) is 5.26 Å². The topological polar surface area (TPSA) is 33.0 Å². The molecule has 0 saturated heterocycles. The first-order valence-corrected chi connectivity index (χ1v) is 10.5. The van der Waals surface area contributed by atoms with Crippen LogP contribution in [0.2, 0.25) is 10.0 Å². The molecule has 0 bridgehead atoms. The lowest BCUT2D eigenvalue weighted by Crippen LogP contribution is -1.97. The number of hydrogen-bond donors (Lipinski definition) is 0. The fourth-order valence-electron chi connectivity index (χ4n) is 2.51. The summed E-state index contributed by atoms with van der Waals surface area (Å²) in [4.78, 5) is 0. The Morgan fingerprint density at radius 3 is 2.00 bits per heavy atom. The van der Waals surface area contributed by atoms with Crippen molar-refractivity contribution in [3.05, 3.63) is 96.3 Å². The fourth-order valence-corrected chi connectivity index (χ4v) is 4.22. The maximum Gasteiger partial charge on any atom is 0.148 e. The van der Waals surface area contributed by atoms with Gasteiger partial charge in [0.15, 0.2) is 0 Å². The Labute approximate surface area is 190 Å². The van der Waals surface area contributed by atoms with Gasteiger partial charge in [-0.1, -0.05) is 47.5 Å². The van der Waals surface area contributed by atoms with Crippen molar-refractivity contribution in [2.24, 2.45) is 0 Å². The summed E-state index contributed by atoms with van der Waals surface area (Å²) in [7, 11) is 0. The molecule has 0 heterocycles. The van der Waals surface area contributed by atoms with Gasteiger partial charge in [0, 0.05) is 10.0 Å². The molecule has 28 heavy (non-hydrogen) atoms. The molecule has 140 valence electrons. The highest BCUT2D eigenvalue weighted by Crippen LogP contribution is 2.36. The second-order valence-corrected chi connectivity index (χ2v) is 8.49. The Morgan fingerprint density at radius 1 is 0.929 bits per heavy atom. The standard InChI is InChI=1S/C22H13Br2Cl2NO/c23-20-10-15(9-17(12-27)16-3-7-19(26)8-4-16)11-21(24)22(20)28-13-14-1-5-18(25)6-2-14/h1-11H,13H2/b17-9-. The summed E-state index contributed by atoms with van der Waals surface area (Å²) >= 11 is 18.9. The van der Waals surface area contributed by atoms with E-state index in [1.165, 1.54) is 0 Å². The smallest absolute Gasteiger partial charge is 0.148 e. The molecule has 0 aliphatic heterocycles. The number of allylic oxidation sites excluding steroid dienone is 1. The van der Waals surface area contributed by atoms with Crippen molar-refractivity contribution < 1.29 is 4.74 Å². The van der Waals surface area contributed by atoms with Gasteiger partial charge in [0.05, 0.1) is 20.6 Å². The lowest BCUT2D eigenvalue weighted by Gasteiger charge is -2.12. The maximum atomic E-state index is 9.52. The Morgan fingerprint density at radius 2 is 1.46 bits per heavy atom. The van der Waals surface area contributed by atoms with Gasteiger partial charge in [-0.25, -0.2) is 0 Å². The van der Waals surface area contributed by atoms with Gasteiger partial charge in [-0.05, 0) is 91.0 Å². The molecule has 0 aliphatic rings. The lowest BCUT2D eigenvalue weighted by atomic mass is 10.0. The highest BCUT2D eigenvalue weighted by molar-refractivity contribution is 9.11. The molecule has 0 atom stereocenters. The van der Waals surface area contributed by atoms with Crippen molar-refractivity contribution in [2.45, 2.75) is 6.61 Å². The molecule has 0 saturated carbocycles. The van der Waals surface area contributed by atoms with Crippen LogP contribution in [0.5, 0.6) is 5.75 Å². The molecule has 0 amide bonds. The molecule has 3 aromatic carbocycles. The Hall–Kier alpha value is -1.77. The molecule has 0 radical (unpaired) electrons. The third kappa shape index (κ3) is 5.40. The minimum absolute atomic E-state index is 0.414. The first-order valence-electron chi connectivity index (χ1n) is 8.20. The van der Waals surface area contributed by atoms with Crippen LogP contribution in [0.3, 0.4) is 0 Å². The van der Waals surface area contributed by atoms with Crippen LogP contribution in [-0.2, 0) is 6.61 Å². The predicted octanol–water partition coefficient (Wildman–Crippen LogP) is 8.16. The summed E-state index contributed by atoms with van der Waals surface area (Å²) in [5.41, 5.74) is 3.23. The van der Waals surface area contributed by atoms with Crippen LogP contribution in [0.15, 0.2) is 69.6 Å². The molecule has 0 spiro atoms. The zero-order chi connectivity index (χ0) is 20.1. The Kier molecular flexibility index (Phi) is 7.20. The van der Waals surface area contributed by atoms with E-state index in [0.29, 0.717) is 28.0 Å². The summed E-state index contributed by atoms with van der Waals surface area (Å²) < 4.78 is 7.52. The molecule has 0 aromatic heterocycles. The minimum atomic E-state index is 0.414. The van der Waals surface area contributed by atoms with Gasteiger partial charge in [-0.15, -0.1) is 0 Å². The van der Waals surface area contributed by atoms with Gasteiger partial charge in [0.25, 0.3) is 0 Å². The van der Waals surface area contributed by atoms with Crippen molar-refractivity contribution >= 4 is 66.7 Å². The molecular formula is C22H13Br2Cl2NO. The quantitative estimate of drug-likeness (QED) is 0.243. The van der Waals surface area contributed by atoms with E-state index in [1.807, 2.05) is 54.6 Å². The molecule has 3 rings (SSSR count). The number of ether oxygens (including phenoxy) is 1. The largest absolute Gasteiger partial charge is 0.487 e. The highest BCUT2D eigenvalue weighted by atomic mass is 79.9. The number of nitriles is 1. The number of halogens is 4. The highest BCUT2D eigenvalue weighted by Gasteiger charge is 2.10. The van der Waals surface area contributed by atoms with Crippen molar-refractivity contribution in [1.29, 1.82) is 5.26 Å². The molecule has 2 nitrogen and oxygen atoms in total. The van der Waals surface area contributed by atoms with Crippen molar-refractivity contribution in [3.8, 4) is 11.8 Å². The van der Waals surface area contributed by atoms with Gasteiger partial charge >= 0.3 is 0 Å². The molecule has 0 fully saturated rings. The van der Waals surface area contributed by atoms with Crippen molar-refractivity contribution in [3.63, 3.8) is 0 Å². The summed E-state index contributed by atoms with van der Waals surface area (Å²) in [5, 5.41) is 10.8. The number of nitrogens with zero attached hydrogens (tertiary/aromatic N) is 1. The molecule has 0 aliphatic carbocycles. The molecule has 6 heteroatoms. The summed E-state index contributed by atoms with van der Waals surface area (Å²) in [6.45, 7) is 0.414. The van der Waals surface area contributed by atoms with Gasteiger partial charge < -0.3 is 4.74 Å². The van der Waals surface area contributed by atoms with E-state index < -0.39 is 0 Å². The summed E-state index contributed by atoms with van der Waals surface area (Å²) in [6.07, 6.45) is 1.82. The van der Waals surface area contributed by atoms with Gasteiger partial charge in [-0.3, -0.25) is 0 Å². The second kappa shape index (κ2) is 9.62. The van der Waals surface area contributed by atoms with Crippen LogP contribution >= 0.6 is 55.1 Å². The summed E-state index contributed by atoms with van der Waals surface area (Å²) in [6, 6.07) is 20.8. The first-order chi connectivity index (χ1) is 13.5. The molecular weight excluding hydrogens is 525 g/mol. The maximum absolute atomic E-state index is 9.52. The second-order valence-electron chi connectivity index (χ2n) is 5.91.